The molecule has 0 saturated carbocycles. The summed E-state index contributed by atoms with van der Waals surface area (Å²) in [6.45, 7) is 20.7. The van der Waals surface area contributed by atoms with Gasteiger partial charge in [-0.3, -0.25) is 0 Å². The van der Waals surface area contributed by atoms with Crippen LogP contribution in [0.5, 0.6) is 0 Å². The number of benzene rings is 1. The van der Waals surface area contributed by atoms with Crippen molar-refractivity contribution in [3.8, 4) is 0 Å². The molecule has 6 heteroatoms. The number of carbonyl (C=O) groups excluding carboxylic acids is 1. The molecule has 31 heavy (non-hydrogen) atoms. The summed E-state index contributed by atoms with van der Waals surface area (Å²) in [4.78, 5) is 16.1. The van der Waals surface area contributed by atoms with Crippen molar-refractivity contribution in [2.75, 3.05) is 19.4 Å². The van der Waals surface area contributed by atoms with Crippen molar-refractivity contribution in [3.63, 3.8) is 0 Å². The number of amides is 1. The summed E-state index contributed by atoms with van der Waals surface area (Å²) < 4.78 is 12.4. The molecule has 2 rings (SSSR count). The van der Waals surface area contributed by atoms with Crippen LogP contribution < -0.4 is 0 Å². The summed E-state index contributed by atoms with van der Waals surface area (Å²) in [7, 11) is -1.89. The van der Waals surface area contributed by atoms with Crippen molar-refractivity contribution in [3.05, 3.63) is 29.8 Å². The number of hydrogen-bond donors (Lipinski definition) is 0. The number of thioether (sulfide) groups is 1. The quantitative estimate of drug-likeness (QED) is 0.341. The summed E-state index contributed by atoms with van der Waals surface area (Å²) in [6.07, 6.45) is 2.83. The van der Waals surface area contributed by atoms with Crippen LogP contribution in [0.15, 0.2) is 29.2 Å². The SMILES string of the molecule is CSc1cccc([C@@H]2CCN(C(=O)OC(C)(C)C)[C@H](C)[C@H]2CO[Si](C)(C)C(C)(C)C)c1. The van der Waals surface area contributed by atoms with Crippen LogP contribution in [0.4, 0.5) is 4.79 Å². The van der Waals surface area contributed by atoms with Gasteiger partial charge in [-0.15, -0.1) is 11.8 Å². The third-order valence-corrected chi connectivity index (χ3v) is 12.1. The number of rotatable bonds is 5. The van der Waals surface area contributed by atoms with Gasteiger partial charge in [0.2, 0.25) is 0 Å². The highest BCUT2D eigenvalue weighted by molar-refractivity contribution is 7.98. The van der Waals surface area contributed by atoms with E-state index in [0.717, 1.165) is 6.42 Å². The van der Waals surface area contributed by atoms with Gasteiger partial charge < -0.3 is 14.1 Å². The molecule has 1 aliphatic heterocycles. The summed E-state index contributed by atoms with van der Waals surface area (Å²) in [5.74, 6) is 0.595. The van der Waals surface area contributed by atoms with E-state index in [9.17, 15) is 4.79 Å². The zero-order valence-corrected chi connectivity index (χ0v) is 23.1. The van der Waals surface area contributed by atoms with Crippen molar-refractivity contribution in [1.29, 1.82) is 0 Å². The van der Waals surface area contributed by atoms with E-state index in [1.54, 1.807) is 11.8 Å². The number of piperidine rings is 1. The molecule has 0 spiro atoms. The number of carbonyl (C=O) groups is 1. The summed E-state index contributed by atoms with van der Waals surface area (Å²) in [5.41, 5.74) is 0.861. The smallest absolute Gasteiger partial charge is 0.410 e. The van der Waals surface area contributed by atoms with E-state index in [1.165, 1.54) is 10.5 Å². The Morgan fingerprint density at radius 2 is 1.84 bits per heavy atom. The Balaban J connectivity index is 2.32. The Kier molecular flexibility index (Phi) is 8.37. The van der Waals surface area contributed by atoms with E-state index in [4.69, 9.17) is 9.16 Å². The van der Waals surface area contributed by atoms with Crippen LogP contribution in [0.25, 0.3) is 0 Å². The molecule has 176 valence electrons. The van der Waals surface area contributed by atoms with E-state index >= 15 is 0 Å². The topological polar surface area (TPSA) is 38.8 Å². The first-order chi connectivity index (χ1) is 14.2. The first-order valence-electron chi connectivity index (χ1n) is 11.4. The van der Waals surface area contributed by atoms with Crippen molar-refractivity contribution in [2.45, 2.75) is 95.5 Å². The van der Waals surface area contributed by atoms with Crippen LogP contribution in [-0.2, 0) is 9.16 Å². The van der Waals surface area contributed by atoms with Gasteiger partial charge in [0.05, 0.1) is 0 Å². The third-order valence-electron chi connectivity index (χ3n) is 6.90. The van der Waals surface area contributed by atoms with E-state index in [-0.39, 0.29) is 23.1 Å². The zero-order valence-electron chi connectivity index (χ0n) is 21.2. The maximum Gasteiger partial charge on any atom is 0.410 e. The summed E-state index contributed by atoms with van der Waals surface area (Å²) in [5, 5.41) is 0.157. The molecule has 1 heterocycles. The van der Waals surface area contributed by atoms with Crippen LogP contribution in [0, 0.1) is 5.92 Å². The predicted octanol–water partition coefficient (Wildman–Crippen LogP) is 7.16. The standard InChI is InChI=1S/C25H43NO3SSi/c1-18-22(17-28-31(9,10)25(5,6)7)21(19-12-11-13-20(16-19)30-8)14-15-26(18)23(27)29-24(2,3)4/h11-13,16,18,21-22H,14-15,17H2,1-10H3/t18-,21+,22-/m1/s1. The summed E-state index contributed by atoms with van der Waals surface area (Å²) in [6, 6.07) is 8.91. The van der Waals surface area contributed by atoms with Gasteiger partial charge in [0, 0.05) is 30.0 Å². The Bertz CT molecular complexity index is 754. The molecule has 3 atom stereocenters. The summed E-state index contributed by atoms with van der Waals surface area (Å²) >= 11 is 1.77. The Morgan fingerprint density at radius 3 is 2.39 bits per heavy atom. The largest absolute Gasteiger partial charge is 0.444 e. The number of ether oxygens (including phenoxy) is 1. The number of nitrogens with zero attached hydrogens (tertiary/aromatic N) is 1. The maximum atomic E-state index is 12.9. The molecular weight excluding hydrogens is 422 g/mol. The van der Waals surface area contributed by atoms with Crippen molar-refractivity contribution < 1.29 is 14.0 Å². The highest BCUT2D eigenvalue weighted by atomic mass is 32.2. The molecule has 0 N–H and O–H groups in total. The fourth-order valence-corrected chi connectivity index (χ4v) is 5.41. The number of likely N-dealkylation sites (tertiary alicyclic amines) is 1. The van der Waals surface area contributed by atoms with E-state index in [1.807, 2.05) is 25.7 Å². The van der Waals surface area contributed by atoms with Gasteiger partial charge in [0.15, 0.2) is 8.32 Å². The molecule has 1 amide bonds. The fraction of sp³-hybridized carbons (Fsp3) is 0.720. The average Bonchev–Trinajstić information content (AvgIpc) is 2.64. The van der Waals surface area contributed by atoms with Gasteiger partial charge >= 0.3 is 6.09 Å². The lowest BCUT2D eigenvalue weighted by atomic mass is 9.77. The van der Waals surface area contributed by atoms with Gasteiger partial charge in [-0.2, -0.15) is 0 Å². The van der Waals surface area contributed by atoms with Gasteiger partial charge in [-0.1, -0.05) is 32.9 Å². The molecule has 1 aromatic carbocycles. The van der Waals surface area contributed by atoms with Crippen LogP contribution in [0.1, 0.15) is 66.4 Å². The minimum Gasteiger partial charge on any atom is -0.444 e. The molecule has 1 fully saturated rings. The predicted molar refractivity (Wildman–Crippen MR) is 135 cm³/mol. The minimum absolute atomic E-state index is 0.0521. The lowest BCUT2D eigenvalue weighted by Crippen LogP contribution is -2.53. The lowest BCUT2D eigenvalue weighted by Gasteiger charge is -2.46. The van der Waals surface area contributed by atoms with Crippen LogP contribution in [0.2, 0.25) is 18.1 Å². The van der Waals surface area contributed by atoms with Crippen LogP contribution in [0.3, 0.4) is 0 Å². The molecule has 1 aliphatic rings. The lowest BCUT2D eigenvalue weighted by molar-refractivity contribution is -0.00681. The van der Waals surface area contributed by atoms with Gasteiger partial charge in [0.1, 0.15) is 5.60 Å². The van der Waals surface area contributed by atoms with Crippen molar-refractivity contribution in [2.24, 2.45) is 5.92 Å². The van der Waals surface area contributed by atoms with Crippen LogP contribution >= 0.6 is 11.8 Å². The molecular formula is C25H43NO3SSi. The van der Waals surface area contributed by atoms with E-state index in [0.29, 0.717) is 19.1 Å². The van der Waals surface area contributed by atoms with Gasteiger partial charge in [-0.25, -0.2) is 4.79 Å². The van der Waals surface area contributed by atoms with Crippen LogP contribution in [-0.4, -0.2) is 50.4 Å². The average molecular weight is 466 g/mol. The second-order valence-corrected chi connectivity index (χ2v) is 17.0. The highest BCUT2D eigenvalue weighted by Crippen LogP contribution is 2.41. The molecule has 4 nitrogen and oxygen atoms in total. The zero-order chi connectivity index (χ0) is 23.6. The third kappa shape index (κ3) is 6.75. The Hall–Kier alpha value is -0.983. The monoisotopic (exact) mass is 465 g/mol. The van der Waals surface area contributed by atoms with Crippen molar-refractivity contribution >= 4 is 26.2 Å². The van der Waals surface area contributed by atoms with Crippen molar-refractivity contribution in [1.82, 2.24) is 4.90 Å². The molecule has 0 radical (unpaired) electrons. The molecule has 0 bridgehead atoms. The molecule has 1 aromatic rings. The molecule has 0 aliphatic carbocycles. The van der Waals surface area contributed by atoms with Gasteiger partial charge in [-0.05, 0) is 82.1 Å². The Labute approximate surface area is 195 Å². The second-order valence-electron chi connectivity index (χ2n) is 11.3. The Morgan fingerprint density at radius 1 is 1.19 bits per heavy atom. The molecule has 1 saturated heterocycles. The second kappa shape index (κ2) is 9.88. The first kappa shape index (κ1) is 26.3. The first-order valence-corrected chi connectivity index (χ1v) is 15.6. The fourth-order valence-electron chi connectivity index (χ4n) is 3.90. The van der Waals surface area contributed by atoms with E-state index < -0.39 is 13.9 Å². The molecule has 0 aromatic heterocycles. The number of hydrogen-bond acceptors (Lipinski definition) is 4. The van der Waals surface area contributed by atoms with Gasteiger partial charge in [0.25, 0.3) is 0 Å². The van der Waals surface area contributed by atoms with E-state index in [2.05, 4.69) is 71.3 Å². The maximum absolute atomic E-state index is 12.9. The highest BCUT2D eigenvalue weighted by Gasteiger charge is 2.43. The minimum atomic E-state index is -1.89. The molecule has 0 unspecified atom stereocenters. The normalized spacial score (nSPS) is 23.0.